The van der Waals surface area contributed by atoms with Gasteiger partial charge in [0, 0.05) is 5.39 Å². The number of rotatable bonds is 3. The fourth-order valence-corrected chi connectivity index (χ4v) is 4.06. The second-order valence-electron chi connectivity index (χ2n) is 10.3. The van der Waals surface area contributed by atoms with Crippen LogP contribution >= 0.6 is 0 Å². The molecule has 0 amide bonds. The van der Waals surface area contributed by atoms with E-state index in [0.29, 0.717) is 11.5 Å². The number of hydrogen-bond donors (Lipinski definition) is 2. The van der Waals surface area contributed by atoms with Crippen LogP contribution in [0.1, 0.15) is 69.4 Å². The first-order valence-corrected chi connectivity index (χ1v) is 10.5. The van der Waals surface area contributed by atoms with Gasteiger partial charge in [-0.25, -0.2) is 0 Å². The maximum absolute atomic E-state index is 11.0. The van der Waals surface area contributed by atoms with Crippen molar-refractivity contribution in [2.24, 2.45) is 0 Å². The van der Waals surface area contributed by atoms with E-state index in [0.717, 1.165) is 40.3 Å². The first-order chi connectivity index (χ1) is 13.4. The molecule has 0 unspecified atom stereocenters. The highest BCUT2D eigenvalue weighted by atomic mass is 16.3. The van der Waals surface area contributed by atoms with Gasteiger partial charge in [-0.2, -0.15) is 0 Å². The Morgan fingerprint density at radius 1 is 0.690 bits per heavy atom. The van der Waals surface area contributed by atoms with Gasteiger partial charge in [0.2, 0.25) is 0 Å². The SMILES string of the molecule is Cc1cc(CCc2cc(C(C)(C)C)c(O)c(C(C)(C)C)c2)c2ccccc2c1O. The number of aryl methyl sites for hydroxylation is 3. The van der Waals surface area contributed by atoms with Gasteiger partial charge < -0.3 is 10.2 Å². The van der Waals surface area contributed by atoms with Crippen molar-refractivity contribution in [1.82, 2.24) is 0 Å². The topological polar surface area (TPSA) is 40.5 Å². The second-order valence-corrected chi connectivity index (χ2v) is 10.3. The van der Waals surface area contributed by atoms with Crippen LogP contribution in [0, 0.1) is 6.92 Å². The molecule has 0 bridgehead atoms. The molecule has 29 heavy (non-hydrogen) atoms. The summed E-state index contributed by atoms with van der Waals surface area (Å²) in [6.45, 7) is 14.8. The van der Waals surface area contributed by atoms with E-state index in [9.17, 15) is 10.2 Å². The Morgan fingerprint density at radius 3 is 1.72 bits per heavy atom. The molecule has 0 aromatic heterocycles. The van der Waals surface area contributed by atoms with Crippen molar-refractivity contribution in [1.29, 1.82) is 0 Å². The molecule has 0 radical (unpaired) electrons. The lowest BCUT2D eigenvalue weighted by molar-refractivity contribution is 0.422. The summed E-state index contributed by atoms with van der Waals surface area (Å²) in [7, 11) is 0. The Hall–Kier alpha value is -2.48. The van der Waals surface area contributed by atoms with Gasteiger partial charge in [0.15, 0.2) is 0 Å². The number of benzene rings is 3. The summed E-state index contributed by atoms with van der Waals surface area (Å²) in [5.41, 5.74) is 5.17. The van der Waals surface area contributed by atoms with E-state index in [1.807, 2.05) is 25.1 Å². The van der Waals surface area contributed by atoms with Gasteiger partial charge >= 0.3 is 0 Å². The zero-order chi connectivity index (χ0) is 21.6. The predicted molar refractivity (Wildman–Crippen MR) is 123 cm³/mol. The second kappa shape index (κ2) is 7.40. The monoisotopic (exact) mass is 390 g/mol. The summed E-state index contributed by atoms with van der Waals surface area (Å²) >= 11 is 0. The Bertz CT molecular complexity index is 1010. The predicted octanol–water partition coefficient (Wildman–Crippen LogP) is 6.94. The largest absolute Gasteiger partial charge is 0.507 e. The van der Waals surface area contributed by atoms with Gasteiger partial charge in [-0.3, -0.25) is 0 Å². The maximum Gasteiger partial charge on any atom is 0.126 e. The fraction of sp³-hybridized carbons (Fsp3) is 0.407. The smallest absolute Gasteiger partial charge is 0.126 e. The van der Waals surface area contributed by atoms with E-state index in [4.69, 9.17) is 0 Å². The third-order valence-electron chi connectivity index (χ3n) is 5.76. The van der Waals surface area contributed by atoms with E-state index in [1.165, 1.54) is 11.1 Å². The molecule has 0 aliphatic heterocycles. The lowest BCUT2D eigenvalue weighted by Crippen LogP contribution is -2.18. The summed E-state index contributed by atoms with van der Waals surface area (Å²) in [5, 5.41) is 23.4. The van der Waals surface area contributed by atoms with Crippen LogP contribution in [0.15, 0.2) is 42.5 Å². The summed E-state index contributed by atoms with van der Waals surface area (Å²) in [5.74, 6) is 0.804. The third kappa shape index (κ3) is 4.27. The first kappa shape index (κ1) is 21.2. The average Bonchev–Trinajstić information content (AvgIpc) is 2.62. The molecule has 3 aromatic rings. The van der Waals surface area contributed by atoms with Crippen LogP contribution < -0.4 is 0 Å². The summed E-state index contributed by atoms with van der Waals surface area (Å²) in [4.78, 5) is 0. The van der Waals surface area contributed by atoms with Gasteiger partial charge in [-0.05, 0) is 63.8 Å². The molecule has 3 aromatic carbocycles. The number of hydrogen-bond acceptors (Lipinski definition) is 2. The molecule has 0 fully saturated rings. The molecule has 0 heterocycles. The van der Waals surface area contributed by atoms with Crippen molar-refractivity contribution in [2.45, 2.75) is 72.1 Å². The van der Waals surface area contributed by atoms with Gasteiger partial charge in [0.1, 0.15) is 11.5 Å². The van der Waals surface area contributed by atoms with E-state index < -0.39 is 0 Å². The fourth-order valence-electron chi connectivity index (χ4n) is 4.06. The molecule has 2 nitrogen and oxygen atoms in total. The molecule has 0 aliphatic carbocycles. The maximum atomic E-state index is 11.0. The highest BCUT2D eigenvalue weighted by Crippen LogP contribution is 2.40. The summed E-state index contributed by atoms with van der Waals surface area (Å²) < 4.78 is 0. The van der Waals surface area contributed by atoms with Gasteiger partial charge in [-0.15, -0.1) is 0 Å². The van der Waals surface area contributed by atoms with Crippen molar-refractivity contribution in [2.75, 3.05) is 0 Å². The zero-order valence-corrected chi connectivity index (χ0v) is 18.9. The van der Waals surface area contributed by atoms with E-state index in [1.54, 1.807) is 0 Å². The highest BCUT2D eigenvalue weighted by molar-refractivity contribution is 5.92. The number of fused-ring (bicyclic) bond motifs is 1. The molecule has 0 spiro atoms. The lowest BCUT2D eigenvalue weighted by Gasteiger charge is -2.28. The Morgan fingerprint density at radius 2 is 1.21 bits per heavy atom. The minimum Gasteiger partial charge on any atom is -0.507 e. The molecule has 2 heteroatoms. The van der Waals surface area contributed by atoms with Crippen molar-refractivity contribution in [3.8, 4) is 11.5 Å². The normalized spacial score (nSPS) is 12.5. The first-order valence-electron chi connectivity index (χ1n) is 10.5. The van der Waals surface area contributed by atoms with Crippen LogP contribution in [-0.2, 0) is 23.7 Å². The quantitative estimate of drug-likeness (QED) is 0.508. The minimum absolute atomic E-state index is 0.123. The van der Waals surface area contributed by atoms with E-state index in [-0.39, 0.29) is 10.8 Å². The van der Waals surface area contributed by atoms with E-state index in [2.05, 4.69) is 65.8 Å². The Labute approximate surface area is 175 Å². The standard InChI is InChI=1S/C27H34O2/c1-17-14-19(20-10-8-9-11-21(20)24(17)28)13-12-18-15-22(26(2,3)4)25(29)23(16-18)27(5,6)7/h8-11,14-16,28-29H,12-13H2,1-7H3. The number of phenols is 2. The molecular weight excluding hydrogens is 356 g/mol. The highest BCUT2D eigenvalue weighted by Gasteiger charge is 2.26. The molecule has 0 aliphatic rings. The molecule has 2 N–H and O–H groups in total. The third-order valence-corrected chi connectivity index (χ3v) is 5.76. The van der Waals surface area contributed by atoms with Crippen LogP contribution in [0.4, 0.5) is 0 Å². The molecule has 0 saturated carbocycles. The Balaban J connectivity index is 2.04. The van der Waals surface area contributed by atoms with E-state index >= 15 is 0 Å². The van der Waals surface area contributed by atoms with Gasteiger partial charge in [0.25, 0.3) is 0 Å². The average molecular weight is 391 g/mol. The Kier molecular flexibility index (Phi) is 5.42. The van der Waals surface area contributed by atoms with Crippen LogP contribution in [0.2, 0.25) is 0 Å². The summed E-state index contributed by atoms with van der Waals surface area (Å²) in [6, 6.07) is 14.5. The lowest BCUT2D eigenvalue weighted by atomic mass is 9.78. The van der Waals surface area contributed by atoms with Crippen molar-refractivity contribution in [3.63, 3.8) is 0 Å². The number of phenolic OH excluding ortho intramolecular Hbond substituents is 2. The minimum atomic E-state index is -0.123. The number of aromatic hydroxyl groups is 2. The molecular formula is C27H34O2. The van der Waals surface area contributed by atoms with Crippen molar-refractivity contribution < 1.29 is 10.2 Å². The van der Waals surface area contributed by atoms with Crippen LogP contribution in [0.25, 0.3) is 10.8 Å². The van der Waals surface area contributed by atoms with Crippen LogP contribution in [-0.4, -0.2) is 10.2 Å². The van der Waals surface area contributed by atoms with Gasteiger partial charge in [0.05, 0.1) is 0 Å². The summed E-state index contributed by atoms with van der Waals surface area (Å²) in [6.07, 6.45) is 1.78. The molecule has 154 valence electrons. The van der Waals surface area contributed by atoms with Crippen LogP contribution in [0.5, 0.6) is 11.5 Å². The van der Waals surface area contributed by atoms with Crippen molar-refractivity contribution in [3.05, 3.63) is 70.3 Å². The van der Waals surface area contributed by atoms with Crippen molar-refractivity contribution >= 4 is 10.8 Å². The van der Waals surface area contributed by atoms with Gasteiger partial charge in [-0.1, -0.05) is 84.0 Å². The van der Waals surface area contributed by atoms with Crippen LogP contribution in [0.3, 0.4) is 0 Å². The zero-order valence-electron chi connectivity index (χ0n) is 18.9. The molecule has 3 rings (SSSR count). The molecule has 0 atom stereocenters. The molecule has 0 saturated heterocycles.